The Kier molecular flexibility index (Phi) is 8.10. The first-order valence-electron chi connectivity index (χ1n) is 9.05. The number of anilines is 1. The Hall–Kier alpha value is -1.88. The van der Waals surface area contributed by atoms with Crippen molar-refractivity contribution in [2.45, 2.75) is 65.9 Å². The minimum absolute atomic E-state index is 0.311. The molecule has 25 heavy (non-hydrogen) atoms. The lowest BCUT2D eigenvalue weighted by Crippen LogP contribution is -2.55. The van der Waals surface area contributed by atoms with Crippen LogP contribution in [0.15, 0.2) is 30.3 Å². The number of para-hydroxylation sites is 1. The number of hydrogen-bond acceptors (Lipinski definition) is 3. The van der Waals surface area contributed by atoms with E-state index in [1.165, 1.54) is 11.9 Å². The molecular weight excluding hydrogens is 316 g/mol. The van der Waals surface area contributed by atoms with E-state index in [1.807, 2.05) is 6.07 Å². The van der Waals surface area contributed by atoms with Crippen LogP contribution in [0.4, 0.5) is 5.69 Å². The molecule has 0 atom stereocenters. The number of carbonyl (C=O) groups is 2. The second-order valence-corrected chi connectivity index (χ2v) is 7.53. The Labute approximate surface area is 151 Å². The average molecular weight is 348 g/mol. The van der Waals surface area contributed by atoms with Crippen molar-refractivity contribution in [1.82, 2.24) is 5.43 Å². The van der Waals surface area contributed by atoms with E-state index in [0.29, 0.717) is 30.4 Å². The van der Waals surface area contributed by atoms with Gasteiger partial charge in [0, 0.05) is 6.92 Å². The Bertz CT molecular complexity index is 543. The smallest absolute Gasteiger partial charge is 0.270 e. The normalized spacial score (nSPS) is 11.7. The number of nitrogens with one attached hydrogen (secondary N) is 1. The van der Waals surface area contributed by atoms with Crippen molar-refractivity contribution in [3.8, 4) is 0 Å². The van der Waals surface area contributed by atoms with Crippen molar-refractivity contribution >= 4 is 17.5 Å². The number of nitrogens with zero attached hydrogens (tertiary/aromatic N) is 1. The van der Waals surface area contributed by atoms with E-state index in [1.54, 1.807) is 24.3 Å². The molecule has 0 fully saturated rings. The molecule has 0 heterocycles. The number of carbonyl (C=O) groups excluding carboxylic acids is 2. The predicted octanol–water partition coefficient (Wildman–Crippen LogP) is 3.67. The van der Waals surface area contributed by atoms with E-state index < -0.39 is 11.5 Å². The number of amides is 2. The molecule has 0 aliphatic carbocycles. The summed E-state index contributed by atoms with van der Waals surface area (Å²) in [5.74, 6) is -0.0599. The van der Waals surface area contributed by atoms with Crippen molar-refractivity contribution < 1.29 is 14.7 Å². The van der Waals surface area contributed by atoms with Gasteiger partial charge in [-0.2, -0.15) is 0 Å². The zero-order valence-corrected chi connectivity index (χ0v) is 16.1. The fraction of sp³-hybridized carbons (Fsp3) is 0.600. The van der Waals surface area contributed by atoms with E-state index in [2.05, 4.69) is 33.1 Å². The first-order chi connectivity index (χ1) is 11.7. The molecule has 0 unspecified atom stereocenters. The van der Waals surface area contributed by atoms with Gasteiger partial charge in [-0.3, -0.25) is 15.0 Å². The molecule has 0 aromatic heterocycles. The minimum Gasteiger partial charge on any atom is -0.380 e. The van der Waals surface area contributed by atoms with Crippen molar-refractivity contribution in [1.29, 1.82) is 0 Å². The van der Waals surface area contributed by atoms with Gasteiger partial charge in [0.2, 0.25) is 5.91 Å². The van der Waals surface area contributed by atoms with E-state index in [0.717, 1.165) is 12.8 Å². The van der Waals surface area contributed by atoms with Crippen LogP contribution in [0.5, 0.6) is 0 Å². The molecule has 2 amide bonds. The molecule has 1 aromatic carbocycles. The van der Waals surface area contributed by atoms with Crippen LogP contribution in [-0.2, 0) is 9.59 Å². The maximum absolute atomic E-state index is 12.8. The van der Waals surface area contributed by atoms with Crippen molar-refractivity contribution in [2.75, 3.05) is 5.01 Å². The minimum atomic E-state index is -1.48. The van der Waals surface area contributed by atoms with Gasteiger partial charge < -0.3 is 5.11 Å². The number of rotatable bonds is 8. The molecule has 0 bridgehead atoms. The van der Waals surface area contributed by atoms with Gasteiger partial charge in [-0.05, 0) is 49.7 Å². The van der Waals surface area contributed by atoms with Gasteiger partial charge in [-0.15, -0.1) is 0 Å². The second-order valence-electron chi connectivity index (χ2n) is 7.53. The highest BCUT2D eigenvalue weighted by Crippen LogP contribution is 2.25. The largest absolute Gasteiger partial charge is 0.380 e. The Morgan fingerprint density at radius 1 is 1.04 bits per heavy atom. The summed E-state index contributed by atoms with van der Waals surface area (Å²) in [6.45, 7) is 9.63. The van der Waals surface area contributed by atoms with Gasteiger partial charge in [0.25, 0.3) is 5.91 Å². The molecule has 0 aliphatic heterocycles. The highest BCUT2D eigenvalue weighted by Gasteiger charge is 2.37. The lowest BCUT2D eigenvalue weighted by atomic mass is 9.86. The Balaban J connectivity index is 2.95. The van der Waals surface area contributed by atoms with Crippen LogP contribution in [0.3, 0.4) is 0 Å². The van der Waals surface area contributed by atoms with Crippen LogP contribution < -0.4 is 10.4 Å². The van der Waals surface area contributed by atoms with Crippen LogP contribution >= 0.6 is 0 Å². The molecule has 5 nitrogen and oxygen atoms in total. The number of benzene rings is 1. The molecule has 0 saturated carbocycles. The summed E-state index contributed by atoms with van der Waals surface area (Å²) in [5, 5.41) is 12.2. The molecule has 0 saturated heterocycles. The van der Waals surface area contributed by atoms with Crippen molar-refractivity contribution in [3.63, 3.8) is 0 Å². The third-order valence-corrected chi connectivity index (χ3v) is 4.24. The number of aliphatic hydroxyl groups is 1. The quantitative estimate of drug-likeness (QED) is 0.704. The first kappa shape index (κ1) is 21.2. The van der Waals surface area contributed by atoms with Gasteiger partial charge in [0.1, 0.15) is 5.60 Å². The highest BCUT2D eigenvalue weighted by atomic mass is 16.3. The summed E-state index contributed by atoms with van der Waals surface area (Å²) < 4.78 is 0. The third kappa shape index (κ3) is 6.86. The lowest BCUT2D eigenvalue weighted by Gasteiger charge is -2.31. The van der Waals surface area contributed by atoms with Crippen LogP contribution in [0.25, 0.3) is 0 Å². The van der Waals surface area contributed by atoms with Crippen LogP contribution in [0.2, 0.25) is 0 Å². The average Bonchev–Trinajstić information content (AvgIpc) is 2.56. The molecular formula is C20H32N2O3. The summed E-state index contributed by atoms with van der Waals surface area (Å²) in [4.78, 5) is 24.8. The maximum Gasteiger partial charge on any atom is 0.270 e. The molecule has 1 rings (SSSR count). The van der Waals surface area contributed by atoms with Gasteiger partial charge in [0.15, 0.2) is 0 Å². The number of hydrogen-bond donors (Lipinski definition) is 2. The topological polar surface area (TPSA) is 69.6 Å². The highest BCUT2D eigenvalue weighted by molar-refractivity contribution is 5.96. The van der Waals surface area contributed by atoms with Crippen molar-refractivity contribution in [2.24, 2.45) is 11.8 Å². The summed E-state index contributed by atoms with van der Waals surface area (Å²) in [5.41, 5.74) is 1.71. The van der Waals surface area contributed by atoms with Crippen LogP contribution in [-0.4, -0.2) is 22.5 Å². The zero-order chi connectivity index (χ0) is 19.0. The molecule has 0 radical (unpaired) electrons. The first-order valence-corrected chi connectivity index (χ1v) is 9.05. The van der Waals surface area contributed by atoms with Gasteiger partial charge in [-0.1, -0.05) is 45.9 Å². The Morgan fingerprint density at radius 2 is 1.52 bits per heavy atom. The Morgan fingerprint density at radius 3 is 1.92 bits per heavy atom. The second kappa shape index (κ2) is 9.56. The van der Waals surface area contributed by atoms with E-state index >= 15 is 0 Å². The number of hydrazine groups is 1. The zero-order valence-electron chi connectivity index (χ0n) is 16.1. The summed E-state index contributed by atoms with van der Waals surface area (Å²) >= 11 is 0. The molecule has 140 valence electrons. The molecule has 2 N–H and O–H groups in total. The SMILES string of the molecule is CC(=O)N(NC(=O)C(O)(CCC(C)C)CCC(C)C)c1ccccc1. The van der Waals surface area contributed by atoms with E-state index in [9.17, 15) is 14.7 Å². The predicted molar refractivity (Wildman–Crippen MR) is 101 cm³/mol. The summed E-state index contributed by atoms with van der Waals surface area (Å²) in [7, 11) is 0. The summed E-state index contributed by atoms with van der Waals surface area (Å²) in [6.07, 6.45) is 2.24. The van der Waals surface area contributed by atoms with Crippen LogP contribution in [0, 0.1) is 11.8 Å². The maximum atomic E-state index is 12.8. The van der Waals surface area contributed by atoms with E-state index in [-0.39, 0.29) is 5.91 Å². The van der Waals surface area contributed by atoms with Crippen LogP contribution in [0.1, 0.15) is 60.3 Å². The molecule has 1 aromatic rings. The molecule has 0 aliphatic rings. The molecule has 5 heteroatoms. The van der Waals surface area contributed by atoms with Gasteiger partial charge in [0.05, 0.1) is 5.69 Å². The standard InChI is InChI=1S/C20H32N2O3/c1-15(2)11-13-20(25,14-12-16(3)4)19(24)21-22(17(5)23)18-9-7-6-8-10-18/h6-10,15-16,25H,11-14H2,1-5H3,(H,21,24). The summed E-state index contributed by atoms with van der Waals surface area (Å²) in [6, 6.07) is 8.90. The van der Waals surface area contributed by atoms with E-state index in [4.69, 9.17) is 0 Å². The lowest BCUT2D eigenvalue weighted by molar-refractivity contribution is -0.143. The van der Waals surface area contributed by atoms with Gasteiger partial charge >= 0.3 is 0 Å². The van der Waals surface area contributed by atoms with Gasteiger partial charge in [-0.25, -0.2) is 5.01 Å². The third-order valence-electron chi connectivity index (χ3n) is 4.24. The fourth-order valence-corrected chi connectivity index (χ4v) is 2.51. The fourth-order valence-electron chi connectivity index (χ4n) is 2.51. The molecule has 0 spiro atoms. The monoisotopic (exact) mass is 348 g/mol. The van der Waals surface area contributed by atoms with Crippen molar-refractivity contribution in [3.05, 3.63) is 30.3 Å².